The quantitative estimate of drug-likeness (QED) is 0.610. The SMILES string of the molecule is CC(C)C(CCO)NCC(O)CC1CCCC1. The minimum atomic E-state index is -0.224. The zero-order valence-corrected chi connectivity index (χ0v) is 11.4. The average molecular weight is 243 g/mol. The van der Waals surface area contributed by atoms with Crippen molar-refractivity contribution in [1.29, 1.82) is 0 Å². The third-order valence-electron chi connectivity index (χ3n) is 3.94. The summed E-state index contributed by atoms with van der Waals surface area (Å²) in [6, 6.07) is 0.318. The lowest BCUT2D eigenvalue weighted by atomic mass is 9.98. The van der Waals surface area contributed by atoms with Gasteiger partial charge < -0.3 is 15.5 Å². The summed E-state index contributed by atoms with van der Waals surface area (Å²) in [7, 11) is 0. The Balaban J connectivity index is 2.17. The van der Waals surface area contributed by atoms with Gasteiger partial charge in [-0.05, 0) is 24.7 Å². The molecule has 0 radical (unpaired) electrons. The summed E-state index contributed by atoms with van der Waals surface area (Å²) in [5.74, 6) is 1.24. The molecule has 17 heavy (non-hydrogen) atoms. The van der Waals surface area contributed by atoms with Gasteiger partial charge in [0.1, 0.15) is 0 Å². The molecule has 1 aliphatic rings. The molecule has 0 aliphatic heterocycles. The fourth-order valence-corrected chi connectivity index (χ4v) is 2.81. The number of aliphatic hydroxyl groups is 2. The van der Waals surface area contributed by atoms with Crippen molar-refractivity contribution in [3.8, 4) is 0 Å². The molecule has 0 heterocycles. The maximum absolute atomic E-state index is 9.98. The number of nitrogens with one attached hydrogen (secondary N) is 1. The summed E-state index contributed by atoms with van der Waals surface area (Å²) in [5, 5.41) is 22.3. The molecule has 1 rings (SSSR count). The third-order valence-corrected chi connectivity index (χ3v) is 3.94. The van der Waals surface area contributed by atoms with Crippen molar-refractivity contribution in [2.75, 3.05) is 13.2 Å². The molecule has 2 unspecified atom stereocenters. The molecule has 1 saturated carbocycles. The van der Waals surface area contributed by atoms with Crippen LogP contribution < -0.4 is 5.32 Å². The van der Waals surface area contributed by atoms with Crippen molar-refractivity contribution < 1.29 is 10.2 Å². The molecule has 0 bridgehead atoms. The van der Waals surface area contributed by atoms with E-state index in [0.29, 0.717) is 18.5 Å². The highest BCUT2D eigenvalue weighted by Gasteiger charge is 2.20. The Bertz CT molecular complexity index is 191. The van der Waals surface area contributed by atoms with E-state index in [1.54, 1.807) is 0 Å². The van der Waals surface area contributed by atoms with E-state index in [0.717, 1.165) is 18.8 Å². The van der Waals surface area contributed by atoms with Crippen molar-refractivity contribution in [2.24, 2.45) is 11.8 Å². The molecule has 3 nitrogen and oxygen atoms in total. The molecule has 102 valence electrons. The second-order valence-corrected chi connectivity index (χ2v) is 5.81. The first-order valence-corrected chi connectivity index (χ1v) is 7.15. The highest BCUT2D eigenvalue weighted by Crippen LogP contribution is 2.28. The maximum atomic E-state index is 9.98. The lowest BCUT2D eigenvalue weighted by Crippen LogP contribution is -2.39. The van der Waals surface area contributed by atoms with E-state index in [1.807, 2.05) is 0 Å². The summed E-state index contributed by atoms with van der Waals surface area (Å²) in [6.07, 6.45) is 6.75. The van der Waals surface area contributed by atoms with Crippen molar-refractivity contribution >= 4 is 0 Å². The first-order valence-electron chi connectivity index (χ1n) is 7.15. The number of aliphatic hydroxyl groups excluding tert-OH is 2. The predicted molar refractivity (Wildman–Crippen MR) is 70.9 cm³/mol. The van der Waals surface area contributed by atoms with Crippen LogP contribution in [0, 0.1) is 11.8 Å². The standard InChI is InChI=1S/C14H29NO2/c1-11(2)14(7-8-16)15-10-13(17)9-12-5-3-4-6-12/h11-17H,3-10H2,1-2H3. The molecule has 0 spiro atoms. The highest BCUT2D eigenvalue weighted by molar-refractivity contribution is 4.75. The molecule has 0 aromatic carbocycles. The van der Waals surface area contributed by atoms with E-state index in [-0.39, 0.29) is 12.7 Å². The second-order valence-electron chi connectivity index (χ2n) is 5.81. The zero-order chi connectivity index (χ0) is 12.7. The van der Waals surface area contributed by atoms with Crippen molar-refractivity contribution in [2.45, 2.75) is 64.5 Å². The molecule has 0 aromatic rings. The van der Waals surface area contributed by atoms with Gasteiger partial charge in [0.15, 0.2) is 0 Å². The largest absolute Gasteiger partial charge is 0.396 e. The average Bonchev–Trinajstić information content (AvgIpc) is 2.76. The van der Waals surface area contributed by atoms with Gasteiger partial charge in [-0.15, -0.1) is 0 Å². The van der Waals surface area contributed by atoms with Crippen molar-refractivity contribution in [3.63, 3.8) is 0 Å². The van der Waals surface area contributed by atoms with Crippen LogP contribution in [0.3, 0.4) is 0 Å². The molecular weight excluding hydrogens is 214 g/mol. The Morgan fingerprint density at radius 3 is 2.41 bits per heavy atom. The molecule has 2 atom stereocenters. The summed E-state index contributed by atoms with van der Waals surface area (Å²) >= 11 is 0. The minimum absolute atomic E-state index is 0.217. The smallest absolute Gasteiger partial charge is 0.0667 e. The van der Waals surface area contributed by atoms with Crippen LogP contribution in [-0.2, 0) is 0 Å². The molecule has 0 aromatic heterocycles. The highest BCUT2D eigenvalue weighted by atomic mass is 16.3. The van der Waals surface area contributed by atoms with Gasteiger partial charge in [0.2, 0.25) is 0 Å². The maximum Gasteiger partial charge on any atom is 0.0667 e. The Morgan fingerprint density at radius 2 is 1.88 bits per heavy atom. The molecule has 0 saturated heterocycles. The van der Waals surface area contributed by atoms with Crippen LogP contribution in [0.15, 0.2) is 0 Å². The molecule has 3 heteroatoms. The lowest BCUT2D eigenvalue weighted by Gasteiger charge is -2.24. The molecule has 0 amide bonds. The zero-order valence-electron chi connectivity index (χ0n) is 11.4. The van der Waals surface area contributed by atoms with Gasteiger partial charge in [0.25, 0.3) is 0 Å². The first kappa shape index (κ1) is 14.9. The number of hydrogen-bond acceptors (Lipinski definition) is 3. The fraction of sp³-hybridized carbons (Fsp3) is 1.00. The molecule has 1 aliphatic carbocycles. The minimum Gasteiger partial charge on any atom is -0.396 e. The Kier molecular flexibility index (Phi) is 7.09. The van der Waals surface area contributed by atoms with E-state index < -0.39 is 0 Å². The van der Waals surface area contributed by atoms with Crippen LogP contribution in [0.2, 0.25) is 0 Å². The van der Waals surface area contributed by atoms with Gasteiger partial charge in [-0.1, -0.05) is 39.5 Å². The van der Waals surface area contributed by atoms with E-state index in [9.17, 15) is 5.11 Å². The van der Waals surface area contributed by atoms with Gasteiger partial charge in [0.05, 0.1) is 6.10 Å². The monoisotopic (exact) mass is 243 g/mol. The van der Waals surface area contributed by atoms with Crippen LogP contribution in [0.4, 0.5) is 0 Å². The van der Waals surface area contributed by atoms with E-state index in [4.69, 9.17) is 5.11 Å². The topological polar surface area (TPSA) is 52.5 Å². The van der Waals surface area contributed by atoms with Crippen molar-refractivity contribution in [3.05, 3.63) is 0 Å². The van der Waals surface area contributed by atoms with Gasteiger partial charge >= 0.3 is 0 Å². The fourth-order valence-electron chi connectivity index (χ4n) is 2.81. The predicted octanol–water partition coefficient (Wildman–Crippen LogP) is 1.92. The van der Waals surface area contributed by atoms with Crippen LogP contribution in [0.25, 0.3) is 0 Å². The number of rotatable bonds is 8. The summed E-state index contributed by atoms with van der Waals surface area (Å²) < 4.78 is 0. The van der Waals surface area contributed by atoms with E-state index in [1.165, 1.54) is 25.7 Å². The van der Waals surface area contributed by atoms with Crippen LogP contribution >= 0.6 is 0 Å². The second kappa shape index (κ2) is 8.06. The van der Waals surface area contributed by atoms with Gasteiger partial charge in [0, 0.05) is 19.2 Å². The summed E-state index contributed by atoms with van der Waals surface area (Å²) in [6.45, 7) is 5.18. The van der Waals surface area contributed by atoms with Gasteiger partial charge in [-0.25, -0.2) is 0 Å². The van der Waals surface area contributed by atoms with Crippen LogP contribution in [-0.4, -0.2) is 35.5 Å². The van der Waals surface area contributed by atoms with Gasteiger partial charge in [-0.2, -0.15) is 0 Å². The third kappa shape index (κ3) is 5.84. The van der Waals surface area contributed by atoms with Gasteiger partial charge in [-0.3, -0.25) is 0 Å². The molecule has 1 fully saturated rings. The van der Waals surface area contributed by atoms with E-state index in [2.05, 4.69) is 19.2 Å². The Labute approximate surface area is 106 Å². The summed E-state index contributed by atoms with van der Waals surface area (Å²) in [4.78, 5) is 0. The summed E-state index contributed by atoms with van der Waals surface area (Å²) in [5.41, 5.74) is 0. The molecule has 3 N–H and O–H groups in total. The Morgan fingerprint density at radius 1 is 1.24 bits per heavy atom. The Hall–Kier alpha value is -0.120. The van der Waals surface area contributed by atoms with E-state index >= 15 is 0 Å². The molecular formula is C14H29NO2. The lowest BCUT2D eigenvalue weighted by molar-refractivity contribution is 0.130. The van der Waals surface area contributed by atoms with Crippen LogP contribution in [0.5, 0.6) is 0 Å². The normalized spacial score (nSPS) is 21.0. The first-order chi connectivity index (χ1) is 8.13. The van der Waals surface area contributed by atoms with Crippen LogP contribution in [0.1, 0.15) is 52.4 Å². The number of hydrogen-bond donors (Lipinski definition) is 3. The van der Waals surface area contributed by atoms with Crippen molar-refractivity contribution in [1.82, 2.24) is 5.32 Å².